The van der Waals surface area contributed by atoms with Gasteiger partial charge in [-0.25, -0.2) is 13.2 Å². The second-order valence-corrected chi connectivity index (χ2v) is 15.8. The first-order chi connectivity index (χ1) is 26.2. The van der Waals surface area contributed by atoms with Crippen LogP contribution in [0.25, 0.3) is 11.1 Å². The molecule has 0 bridgehead atoms. The van der Waals surface area contributed by atoms with Crippen LogP contribution in [0.1, 0.15) is 56.1 Å². The number of carbonyl (C=O) groups is 2. The number of rotatable bonds is 22. The molecule has 5 atom stereocenters. The number of aliphatic carboxylic acids is 1. The number of urea groups is 1. The summed E-state index contributed by atoms with van der Waals surface area (Å²) >= 11 is 6.50. The molecule has 55 heavy (non-hydrogen) atoms. The summed E-state index contributed by atoms with van der Waals surface area (Å²) in [6, 6.07) is 11.6. The third kappa shape index (κ3) is 11.3. The molecular weight excluding hydrogens is 760 g/mol. The van der Waals surface area contributed by atoms with Crippen LogP contribution in [0.3, 0.4) is 0 Å². The van der Waals surface area contributed by atoms with E-state index in [1.54, 1.807) is 12.4 Å². The van der Waals surface area contributed by atoms with Crippen LogP contribution in [0, 0.1) is 0 Å². The van der Waals surface area contributed by atoms with Crippen LogP contribution < -0.4 is 20.1 Å². The van der Waals surface area contributed by atoms with Crippen LogP contribution in [0.15, 0.2) is 65.8 Å². The standard InChI is InChI=1S/C37H47ClN4O12S/c38-28-11-10-24(55(51,52)42-29(35(48)49)6-3-4-15-40-36(50)41-19-30(44)33(46)34(47)31(45)20-43)17-22(28)21-53-37(13-14-37)27-18-39-16-12-25(27)26-5-1-2-7-32(26)54-23-8-9-23/h1-2,5,7,10-12,16-18,23,29-31,33-34,42-47H,3-4,6,8-9,13-15,19-21H2,(H,48,49)(H2,40,41,50)/t29-,30-,31+,33+,34+/m0/s1. The number of ether oxygens (including phenoxy) is 2. The topological polar surface area (TPSA) is 257 Å². The number of aromatic nitrogens is 1. The number of para-hydroxylation sites is 1. The molecule has 0 saturated heterocycles. The second-order valence-electron chi connectivity index (χ2n) is 13.7. The SMILES string of the molecule is O=C(NCCCC[C@H](NS(=O)(=O)c1ccc(Cl)c(COC2(c3cnccc3-c3ccccc3OC3CC3)CC2)c1)C(=O)O)NC[C@H](O)[C@@H](O)[C@H](O)[C@H](O)CO. The monoisotopic (exact) mass is 806 g/mol. The zero-order valence-corrected chi connectivity index (χ0v) is 31.5. The van der Waals surface area contributed by atoms with Gasteiger partial charge in [-0.2, -0.15) is 4.72 Å². The van der Waals surface area contributed by atoms with Crippen LogP contribution in [0.2, 0.25) is 5.02 Å². The highest BCUT2D eigenvalue weighted by molar-refractivity contribution is 7.89. The van der Waals surface area contributed by atoms with Crippen molar-refractivity contribution in [1.29, 1.82) is 0 Å². The zero-order valence-electron chi connectivity index (χ0n) is 29.9. The number of hydrogen-bond donors (Lipinski definition) is 9. The second kappa shape index (κ2) is 18.8. The Morgan fingerprint density at radius 1 is 0.964 bits per heavy atom. The van der Waals surface area contributed by atoms with Crippen LogP contribution in [0.4, 0.5) is 4.79 Å². The molecule has 0 spiro atoms. The van der Waals surface area contributed by atoms with E-state index < -0.39 is 71.2 Å². The molecule has 300 valence electrons. The van der Waals surface area contributed by atoms with Gasteiger partial charge < -0.3 is 50.7 Å². The third-order valence-corrected chi connectivity index (χ3v) is 11.3. The lowest BCUT2D eigenvalue weighted by Crippen LogP contribution is -2.50. The Morgan fingerprint density at radius 2 is 1.69 bits per heavy atom. The smallest absolute Gasteiger partial charge is 0.321 e. The molecule has 2 aromatic carbocycles. The number of aliphatic hydroxyl groups is 5. The first-order valence-corrected chi connectivity index (χ1v) is 19.8. The molecule has 1 aromatic heterocycles. The number of aliphatic hydroxyl groups excluding tert-OH is 5. The summed E-state index contributed by atoms with van der Waals surface area (Å²) in [5.74, 6) is -0.604. The van der Waals surface area contributed by atoms with Gasteiger partial charge in [0.2, 0.25) is 10.0 Å². The summed E-state index contributed by atoms with van der Waals surface area (Å²) in [7, 11) is -4.32. The number of halogens is 1. The third-order valence-electron chi connectivity index (χ3n) is 9.44. The number of carboxylic acids is 1. The molecule has 5 rings (SSSR count). The molecule has 0 radical (unpaired) electrons. The number of amides is 2. The molecule has 2 aliphatic rings. The van der Waals surface area contributed by atoms with Gasteiger partial charge in [0.25, 0.3) is 0 Å². The highest BCUT2D eigenvalue weighted by atomic mass is 35.5. The molecule has 2 amide bonds. The summed E-state index contributed by atoms with van der Waals surface area (Å²) < 4.78 is 41.7. The van der Waals surface area contributed by atoms with Gasteiger partial charge in [0.1, 0.15) is 30.1 Å². The first kappa shape index (κ1) is 42.2. The lowest BCUT2D eigenvalue weighted by Gasteiger charge is -2.25. The highest BCUT2D eigenvalue weighted by Crippen LogP contribution is 2.53. The minimum Gasteiger partial charge on any atom is -0.490 e. The average Bonchev–Trinajstić information content (AvgIpc) is 4.13. The van der Waals surface area contributed by atoms with Crippen molar-refractivity contribution >= 4 is 33.6 Å². The van der Waals surface area contributed by atoms with E-state index in [-0.39, 0.29) is 48.4 Å². The number of benzene rings is 2. The van der Waals surface area contributed by atoms with E-state index in [0.717, 1.165) is 35.3 Å². The van der Waals surface area contributed by atoms with Crippen molar-refractivity contribution in [1.82, 2.24) is 20.3 Å². The number of nitrogens with one attached hydrogen (secondary N) is 3. The van der Waals surface area contributed by atoms with Gasteiger partial charge in [0.15, 0.2) is 0 Å². The van der Waals surface area contributed by atoms with Gasteiger partial charge >= 0.3 is 12.0 Å². The summed E-state index contributed by atoms with van der Waals surface area (Å²) in [6.45, 7) is -1.28. The predicted molar refractivity (Wildman–Crippen MR) is 199 cm³/mol. The van der Waals surface area contributed by atoms with Crippen LogP contribution in [0.5, 0.6) is 5.75 Å². The normalized spacial score (nSPS) is 17.7. The number of carbonyl (C=O) groups excluding carboxylic acids is 1. The van der Waals surface area contributed by atoms with Gasteiger partial charge in [-0.15, -0.1) is 0 Å². The largest absolute Gasteiger partial charge is 0.490 e. The Bertz CT molecular complexity index is 1900. The minimum absolute atomic E-state index is 0.0198. The predicted octanol–water partition coefficient (Wildman–Crippen LogP) is 1.79. The van der Waals surface area contributed by atoms with E-state index in [1.165, 1.54) is 18.2 Å². The maximum absolute atomic E-state index is 13.4. The van der Waals surface area contributed by atoms with Crippen LogP contribution >= 0.6 is 11.6 Å². The molecule has 0 unspecified atom stereocenters. The van der Waals surface area contributed by atoms with Crippen molar-refractivity contribution in [3.63, 3.8) is 0 Å². The molecule has 1 heterocycles. The number of hydrogen-bond acceptors (Lipinski definition) is 12. The number of nitrogens with zero attached hydrogens (tertiary/aromatic N) is 1. The van der Waals surface area contributed by atoms with Crippen molar-refractivity contribution < 1.29 is 58.1 Å². The van der Waals surface area contributed by atoms with E-state index in [2.05, 4.69) is 20.3 Å². The molecule has 0 aliphatic heterocycles. The number of carboxylic acid groups (broad SMARTS) is 1. The van der Waals surface area contributed by atoms with E-state index in [1.807, 2.05) is 30.3 Å². The minimum atomic E-state index is -4.32. The van der Waals surface area contributed by atoms with Crippen molar-refractivity contribution in [3.05, 3.63) is 77.1 Å². The molecule has 3 aromatic rings. The summed E-state index contributed by atoms with van der Waals surface area (Å²) in [5.41, 5.74) is 2.47. The van der Waals surface area contributed by atoms with Gasteiger partial charge in [-0.05, 0) is 86.4 Å². The molecule has 2 aliphatic carbocycles. The number of sulfonamides is 1. The summed E-state index contributed by atoms with van der Waals surface area (Å²) in [4.78, 5) is 28.3. The molecular formula is C37H47ClN4O12S. The molecule has 2 saturated carbocycles. The summed E-state index contributed by atoms with van der Waals surface area (Å²) in [6.07, 6.45) is 0.548. The maximum atomic E-state index is 13.4. The molecule has 18 heteroatoms. The van der Waals surface area contributed by atoms with E-state index >= 15 is 0 Å². The van der Waals surface area contributed by atoms with Crippen molar-refractivity contribution in [2.45, 2.75) is 98.6 Å². The van der Waals surface area contributed by atoms with Gasteiger partial charge in [-0.3, -0.25) is 9.78 Å². The lowest BCUT2D eigenvalue weighted by atomic mass is 9.96. The lowest BCUT2D eigenvalue weighted by molar-refractivity contribution is -0.139. The molecule has 9 N–H and O–H groups in total. The fraction of sp³-hybridized carbons (Fsp3) is 0.486. The van der Waals surface area contributed by atoms with E-state index in [9.17, 15) is 43.5 Å². The van der Waals surface area contributed by atoms with E-state index in [4.69, 9.17) is 26.2 Å². The first-order valence-electron chi connectivity index (χ1n) is 18.0. The maximum Gasteiger partial charge on any atom is 0.321 e. The van der Waals surface area contributed by atoms with Crippen LogP contribution in [-0.2, 0) is 31.8 Å². The Morgan fingerprint density at radius 3 is 2.38 bits per heavy atom. The van der Waals surface area contributed by atoms with Gasteiger partial charge in [-0.1, -0.05) is 29.8 Å². The van der Waals surface area contributed by atoms with Crippen LogP contribution in [-0.4, -0.2) is 112 Å². The van der Waals surface area contributed by atoms with E-state index in [0.29, 0.717) is 18.4 Å². The fourth-order valence-corrected chi connectivity index (χ4v) is 7.35. The van der Waals surface area contributed by atoms with Crippen molar-refractivity contribution in [2.75, 3.05) is 19.7 Å². The zero-order chi connectivity index (χ0) is 39.8. The van der Waals surface area contributed by atoms with Crippen molar-refractivity contribution in [3.8, 4) is 16.9 Å². The quantitative estimate of drug-likeness (QED) is 0.0658. The number of unbranched alkanes of at least 4 members (excludes halogenated alkanes) is 1. The highest BCUT2D eigenvalue weighted by Gasteiger charge is 2.48. The van der Waals surface area contributed by atoms with Gasteiger partial charge in [0, 0.05) is 41.6 Å². The summed E-state index contributed by atoms with van der Waals surface area (Å²) in [5, 5.41) is 62.5. The van der Waals surface area contributed by atoms with Gasteiger partial charge in [0.05, 0.1) is 35.9 Å². The Labute approximate surface area is 323 Å². The average molecular weight is 807 g/mol. The van der Waals surface area contributed by atoms with Crippen molar-refractivity contribution in [2.24, 2.45) is 0 Å². The fourth-order valence-electron chi connectivity index (χ4n) is 5.91. The number of pyridine rings is 1. The Balaban J connectivity index is 1.14. The Hall–Kier alpha value is -3.91. The molecule has 2 fully saturated rings. The Kier molecular flexibility index (Phi) is 14.5. The molecule has 16 nitrogen and oxygen atoms in total.